The normalized spacial score (nSPS) is 20.6. The number of ether oxygens (including phenoxy) is 2. The van der Waals surface area contributed by atoms with E-state index in [1.165, 1.54) is 6.92 Å². The molecule has 100 valence electrons. The number of carbonyl (C=O) groups is 1. The molecule has 1 unspecified atom stereocenters. The molecule has 5 nitrogen and oxygen atoms in total. The fraction of sp³-hybridized carbons (Fsp3) is 0.286. The molecular formula is C14H15NO4. The van der Waals surface area contributed by atoms with Gasteiger partial charge in [0.25, 0.3) is 0 Å². The monoisotopic (exact) mass is 261 g/mol. The summed E-state index contributed by atoms with van der Waals surface area (Å²) in [5, 5.41) is 12.2. The molecule has 5 heteroatoms. The SMILES string of the molecule is COc1ccc(C2C(C(C)=O)=C(C)O/C2=N\O)cc1. The number of nitrogens with zero attached hydrogens (tertiary/aromatic N) is 1. The summed E-state index contributed by atoms with van der Waals surface area (Å²) in [6.45, 7) is 3.16. The lowest BCUT2D eigenvalue weighted by Crippen LogP contribution is -2.14. The molecule has 1 aliphatic rings. The zero-order chi connectivity index (χ0) is 14.0. The molecule has 0 aromatic heterocycles. The fourth-order valence-corrected chi connectivity index (χ4v) is 2.23. The van der Waals surface area contributed by atoms with Crippen molar-refractivity contribution >= 4 is 11.7 Å². The molecule has 0 saturated heterocycles. The first-order valence-corrected chi connectivity index (χ1v) is 5.84. The molecule has 0 fully saturated rings. The van der Waals surface area contributed by atoms with E-state index in [1.807, 2.05) is 12.1 Å². The van der Waals surface area contributed by atoms with Gasteiger partial charge < -0.3 is 14.7 Å². The van der Waals surface area contributed by atoms with Crippen LogP contribution in [-0.4, -0.2) is 24.0 Å². The van der Waals surface area contributed by atoms with Crippen LogP contribution in [0.4, 0.5) is 0 Å². The van der Waals surface area contributed by atoms with Crippen LogP contribution in [0.2, 0.25) is 0 Å². The van der Waals surface area contributed by atoms with Crippen LogP contribution >= 0.6 is 0 Å². The van der Waals surface area contributed by atoms with E-state index in [0.717, 1.165) is 11.3 Å². The van der Waals surface area contributed by atoms with E-state index in [1.54, 1.807) is 26.2 Å². The Kier molecular flexibility index (Phi) is 3.55. The second kappa shape index (κ2) is 5.14. The Morgan fingerprint density at radius 3 is 2.47 bits per heavy atom. The van der Waals surface area contributed by atoms with Crippen molar-refractivity contribution in [2.75, 3.05) is 7.11 Å². The summed E-state index contributed by atoms with van der Waals surface area (Å²) in [6, 6.07) is 7.21. The van der Waals surface area contributed by atoms with Gasteiger partial charge in [0.15, 0.2) is 5.78 Å². The molecule has 1 N–H and O–H groups in total. The number of hydrogen-bond acceptors (Lipinski definition) is 5. The van der Waals surface area contributed by atoms with E-state index in [2.05, 4.69) is 5.16 Å². The molecule has 19 heavy (non-hydrogen) atoms. The van der Waals surface area contributed by atoms with Gasteiger partial charge in [0.05, 0.1) is 13.0 Å². The Hall–Kier alpha value is -2.30. The predicted octanol–water partition coefficient (Wildman–Crippen LogP) is 2.46. The Labute approximate surface area is 111 Å². The second-order valence-corrected chi connectivity index (χ2v) is 4.27. The Bertz CT molecular complexity index is 557. The van der Waals surface area contributed by atoms with E-state index in [-0.39, 0.29) is 11.7 Å². The first-order chi connectivity index (χ1) is 9.08. The number of carbonyl (C=O) groups excluding carboxylic acids is 1. The van der Waals surface area contributed by atoms with Crippen LogP contribution in [0.1, 0.15) is 25.3 Å². The number of Topliss-reactive ketones (excluding diaryl/α,β-unsaturated/α-hetero) is 1. The van der Waals surface area contributed by atoms with Crippen molar-refractivity contribution in [1.29, 1.82) is 0 Å². The summed E-state index contributed by atoms with van der Waals surface area (Å²) in [5.74, 6) is 0.745. The molecule has 0 spiro atoms. The smallest absolute Gasteiger partial charge is 0.242 e. The van der Waals surface area contributed by atoms with Crippen LogP contribution in [0, 0.1) is 0 Å². The van der Waals surface area contributed by atoms with Gasteiger partial charge in [0, 0.05) is 5.57 Å². The molecule has 0 aliphatic carbocycles. The molecule has 0 amide bonds. The van der Waals surface area contributed by atoms with Gasteiger partial charge in [0.2, 0.25) is 5.90 Å². The van der Waals surface area contributed by atoms with Gasteiger partial charge in [-0.25, -0.2) is 0 Å². The Morgan fingerprint density at radius 1 is 1.37 bits per heavy atom. The maximum absolute atomic E-state index is 11.7. The summed E-state index contributed by atoms with van der Waals surface area (Å²) in [5.41, 5.74) is 1.33. The molecule has 1 aliphatic heterocycles. The standard InChI is InChI=1S/C14H15NO4/c1-8(16)12-9(2)19-14(15-17)13(12)10-4-6-11(18-3)7-5-10/h4-7,13,17H,1-3H3/b15-14-. The second-order valence-electron chi connectivity index (χ2n) is 4.27. The molecule has 1 aromatic carbocycles. The van der Waals surface area contributed by atoms with Gasteiger partial charge in [0.1, 0.15) is 11.5 Å². The average molecular weight is 261 g/mol. The molecule has 0 radical (unpaired) electrons. The van der Waals surface area contributed by atoms with Gasteiger partial charge in [-0.05, 0) is 31.5 Å². The lowest BCUT2D eigenvalue weighted by Gasteiger charge is -2.12. The average Bonchev–Trinajstić information content (AvgIpc) is 2.75. The van der Waals surface area contributed by atoms with E-state index in [0.29, 0.717) is 11.3 Å². The number of oxime groups is 1. The predicted molar refractivity (Wildman–Crippen MR) is 69.4 cm³/mol. The highest BCUT2D eigenvalue weighted by atomic mass is 16.5. The quantitative estimate of drug-likeness (QED) is 0.670. The highest BCUT2D eigenvalue weighted by Gasteiger charge is 2.36. The number of allylic oxidation sites excluding steroid dienone is 1. The zero-order valence-corrected chi connectivity index (χ0v) is 11.0. The van der Waals surface area contributed by atoms with Crippen LogP contribution in [-0.2, 0) is 9.53 Å². The summed E-state index contributed by atoms with van der Waals surface area (Å²) in [4.78, 5) is 11.7. The van der Waals surface area contributed by atoms with Crippen molar-refractivity contribution < 1.29 is 19.5 Å². The first-order valence-electron chi connectivity index (χ1n) is 5.84. The minimum Gasteiger partial charge on any atom is -0.497 e. The van der Waals surface area contributed by atoms with Gasteiger partial charge in [-0.3, -0.25) is 4.79 Å². The fourth-order valence-electron chi connectivity index (χ4n) is 2.23. The van der Waals surface area contributed by atoms with E-state index >= 15 is 0 Å². The van der Waals surface area contributed by atoms with Crippen LogP contribution < -0.4 is 4.74 Å². The Balaban J connectivity index is 2.46. The lowest BCUT2D eigenvalue weighted by molar-refractivity contribution is -0.113. The summed E-state index contributed by atoms with van der Waals surface area (Å²) in [7, 11) is 1.58. The summed E-state index contributed by atoms with van der Waals surface area (Å²) in [6.07, 6.45) is 0. The largest absolute Gasteiger partial charge is 0.497 e. The third-order valence-corrected chi connectivity index (χ3v) is 3.10. The highest BCUT2D eigenvalue weighted by Crippen LogP contribution is 2.36. The third kappa shape index (κ3) is 2.31. The van der Waals surface area contributed by atoms with Crippen molar-refractivity contribution in [2.45, 2.75) is 19.8 Å². The summed E-state index contributed by atoms with van der Waals surface area (Å²) < 4.78 is 10.4. The van der Waals surface area contributed by atoms with Gasteiger partial charge in [-0.1, -0.05) is 17.3 Å². The number of benzene rings is 1. The zero-order valence-electron chi connectivity index (χ0n) is 11.0. The van der Waals surface area contributed by atoms with Crippen LogP contribution in [0.15, 0.2) is 40.8 Å². The van der Waals surface area contributed by atoms with Gasteiger partial charge >= 0.3 is 0 Å². The Morgan fingerprint density at radius 2 is 2.00 bits per heavy atom. The van der Waals surface area contributed by atoms with Gasteiger partial charge in [-0.15, -0.1) is 0 Å². The van der Waals surface area contributed by atoms with Crippen molar-refractivity contribution in [3.8, 4) is 5.75 Å². The van der Waals surface area contributed by atoms with Crippen LogP contribution in [0.5, 0.6) is 5.75 Å². The lowest BCUT2D eigenvalue weighted by atomic mass is 9.89. The van der Waals surface area contributed by atoms with Crippen LogP contribution in [0.3, 0.4) is 0 Å². The molecule has 1 heterocycles. The topological polar surface area (TPSA) is 68.1 Å². The molecule has 0 saturated carbocycles. The maximum Gasteiger partial charge on any atom is 0.242 e. The maximum atomic E-state index is 11.7. The summed E-state index contributed by atoms with van der Waals surface area (Å²) >= 11 is 0. The molecule has 1 aromatic rings. The number of hydrogen-bond donors (Lipinski definition) is 1. The molecular weight excluding hydrogens is 246 g/mol. The van der Waals surface area contributed by atoms with Crippen molar-refractivity contribution in [1.82, 2.24) is 0 Å². The minimum atomic E-state index is -0.464. The first kappa shape index (κ1) is 13.1. The minimum absolute atomic E-state index is 0.100. The molecule has 0 bridgehead atoms. The molecule has 2 rings (SSSR count). The molecule has 1 atom stereocenters. The number of ketones is 1. The van der Waals surface area contributed by atoms with E-state index in [4.69, 9.17) is 14.7 Å². The number of rotatable bonds is 3. The van der Waals surface area contributed by atoms with Gasteiger partial charge in [-0.2, -0.15) is 0 Å². The van der Waals surface area contributed by atoms with E-state index in [9.17, 15) is 4.79 Å². The van der Waals surface area contributed by atoms with Crippen molar-refractivity contribution in [3.63, 3.8) is 0 Å². The van der Waals surface area contributed by atoms with Crippen molar-refractivity contribution in [2.24, 2.45) is 5.16 Å². The third-order valence-electron chi connectivity index (χ3n) is 3.10. The van der Waals surface area contributed by atoms with Crippen LogP contribution in [0.25, 0.3) is 0 Å². The van der Waals surface area contributed by atoms with E-state index < -0.39 is 5.92 Å². The van der Waals surface area contributed by atoms with Crippen molar-refractivity contribution in [3.05, 3.63) is 41.2 Å². The number of methoxy groups -OCH3 is 1. The highest BCUT2D eigenvalue weighted by molar-refractivity contribution is 6.06.